The molecule has 47 heavy (non-hydrogen) atoms. The second kappa shape index (κ2) is 13.0. The van der Waals surface area contributed by atoms with E-state index in [4.69, 9.17) is 19.8 Å². The van der Waals surface area contributed by atoms with Crippen molar-refractivity contribution < 1.29 is 28.4 Å². The summed E-state index contributed by atoms with van der Waals surface area (Å²) >= 11 is 0. The lowest BCUT2D eigenvalue weighted by Gasteiger charge is -2.64. The molecule has 3 aliphatic carbocycles. The van der Waals surface area contributed by atoms with Crippen LogP contribution < -0.4 is 11.1 Å². The first-order chi connectivity index (χ1) is 22.5. The van der Waals surface area contributed by atoms with Crippen LogP contribution in [0.2, 0.25) is 0 Å². The monoisotopic (exact) mass is 648 g/mol. The molecule has 3 saturated heterocycles. The standard InChI is InChI=1S/C36H53BN4O6/c1-35(2)25-17-29(35)36(3)30(18-25)46-37(47-36)31-16-10-8-6-4-5-7-9-15-27(38)33(43)41-22-26(19-28(41)32(42)39-31)45-34(44)40-20-23-13-11-12-14-24(23)21-40/h11-14,25-31H,4-10,15-22,38H2,1-3H3,(H,39,42)/t25?,26-,27+,28+,29?,30?,31+,36?/m1/s1. The highest BCUT2D eigenvalue weighted by Gasteiger charge is 2.68. The van der Waals surface area contributed by atoms with Gasteiger partial charge >= 0.3 is 13.2 Å². The van der Waals surface area contributed by atoms with E-state index in [1.165, 1.54) is 0 Å². The van der Waals surface area contributed by atoms with Gasteiger partial charge in [0.25, 0.3) is 0 Å². The lowest BCUT2D eigenvalue weighted by atomic mass is 9.43. The van der Waals surface area contributed by atoms with Crippen LogP contribution in [-0.4, -0.2) is 77.2 Å². The number of hydrogen-bond acceptors (Lipinski definition) is 7. The molecule has 11 heteroatoms. The van der Waals surface area contributed by atoms with Crippen molar-refractivity contribution in [3.8, 4) is 0 Å². The summed E-state index contributed by atoms with van der Waals surface area (Å²) < 4.78 is 19.5. The van der Waals surface area contributed by atoms with Gasteiger partial charge in [0.05, 0.1) is 30.2 Å². The van der Waals surface area contributed by atoms with Gasteiger partial charge in [-0.15, -0.1) is 0 Å². The molecule has 6 fully saturated rings. The third-order valence-corrected chi connectivity index (χ3v) is 12.7. The zero-order valence-electron chi connectivity index (χ0n) is 28.5. The van der Waals surface area contributed by atoms with Crippen molar-refractivity contribution in [2.24, 2.45) is 23.0 Å². The Hall–Kier alpha value is -2.63. The minimum absolute atomic E-state index is 0.0182. The van der Waals surface area contributed by atoms with Gasteiger partial charge < -0.3 is 30.0 Å². The van der Waals surface area contributed by atoms with Crippen LogP contribution in [0, 0.1) is 17.3 Å². The number of carbonyl (C=O) groups excluding carboxylic acids is 3. The fourth-order valence-electron chi connectivity index (χ4n) is 9.63. The highest BCUT2D eigenvalue weighted by atomic mass is 16.7. The van der Waals surface area contributed by atoms with Crippen molar-refractivity contribution in [1.29, 1.82) is 0 Å². The number of benzene rings is 1. The van der Waals surface area contributed by atoms with Gasteiger partial charge in [-0.1, -0.05) is 83.1 Å². The second-order valence-electron chi connectivity index (χ2n) is 16.0. The van der Waals surface area contributed by atoms with E-state index in [1.807, 2.05) is 24.3 Å². The summed E-state index contributed by atoms with van der Waals surface area (Å²) in [6.45, 7) is 8.02. The van der Waals surface area contributed by atoms with Crippen LogP contribution >= 0.6 is 0 Å². The van der Waals surface area contributed by atoms with E-state index in [0.29, 0.717) is 31.3 Å². The molecule has 3 amide bonds. The lowest BCUT2D eigenvalue weighted by Crippen LogP contribution is -2.65. The van der Waals surface area contributed by atoms with Crippen LogP contribution in [0.3, 0.4) is 0 Å². The number of nitrogens with zero attached hydrogens (tertiary/aromatic N) is 2. The van der Waals surface area contributed by atoms with E-state index < -0.39 is 31.4 Å². The molecule has 7 aliphatic rings. The van der Waals surface area contributed by atoms with Gasteiger partial charge in [-0.05, 0) is 61.0 Å². The predicted molar refractivity (Wildman–Crippen MR) is 178 cm³/mol. The number of hydrogen-bond donors (Lipinski definition) is 2. The zero-order chi connectivity index (χ0) is 32.9. The predicted octanol–water partition coefficient (Wildman–Crippen LogP) is 4.71. The van der Waals surface area contributed by atoms with Gasteiger partial charge in [0, 0.05) is 19.5 Å². The average molecular weight is 649 g/mol. The van der Waals surface area contributed by atoms with E-state index in [9.17, 15) is 14.4 Å². The van der Waals surface area contributed by atoms with Gasteiger partial charge in [0.1, 0.15) is 12.1 Å². The number of amides is 3. The molecule has 1 aromatic carbocycles. The molecule has 2 bridgehead atoms. The molecule has 4 unspecified atom stereocenters. The minimum Gasteiger partial charge on any atom is -0.444 e. The first-order valence-corrected chi connectivity index (χ1v) is 18.3. The Labute approximate surface area is 279 Å². The van der Waals surface area contributed by atoms with Crippen molar-refractivity contribution in [3.05, 3.63) is 35.4 Å². The van der Waals surface area contributed by atoms with Crippen molar-refractivity contribution >= 4 is 25.0 Å². The summed E-state index contributed by atoms with van der Waals surface area (Å²) in [5.41, 5.74) is 8.51. The Morgan fingerprint density at radius 1 is 0.957 bits per heavy atom. The van der Waals surface area contributed by atoms with Crippen molar-refractivity contribution in [3.63, 3.8) is 0 Å². The molecule has 8 atom stereocenters. The van der Waals surface area contributed by atoms with Gasteiger partial charge in [0.15, 0.2) is 0 Å². The average Bonchev–Trinajstić information content (AvgIpc) is 3.76. The topological polar surface area (TPSA) is 123 Å². The number of carbonyl (C=O) groups is 3. The highest BCUT2D eigenvalue weighted by molar-refractivity contribution is 6.47. The number of ether oxygens (including phenoxy) is 1. The van der Waals surface area contributed by atoms with Crippen LogP contribution in [-0.2, 0) is 36.7 Å². The third kappa shape index (κ3) is 6.21. The van der Waals surface area contributed by atoms with Crippen LogP contribution in [0.5, 0.6) is 0 Å². The van der Waals surface area contributed by atoms with E-state index in [-0.39, 0.29) is 47.8 Å². The second-order valence-corrected chi connectivity index (χ2v) is 16.0. The first-order valence-electron chi connectivity index (χ1n) is 18.3. The van der Waals surface area contributed by atoms with E-state index >= 15 is 0 Å². The molecule has 3 saturated carbocycles. The molecule has 3 N–H and O–H groups in total. The number of nitrogens with one attached hydrogen (secondary N) is 1. The molecular formula is C36H53BN4O6. The molecule has 4 aliphatic heterocycles. The number of rotatable bonds is 2. The largest absolute Gasteiger partial charge is 0.481 e. The smallest absolute Gasteiger partial charge is 0.444 e. The summed E-state index contributed by atoms with van der Waals surface area (Å²) in [7, 11) is -0.541. The lowest BCUT2D eigenvalue weighted by molar-refractivity contribution is -0.199. The molecule has 0 spiro atoms. The van der Waals surface area contributed by atoms with Gasteiger partial charge in [-0.25, -0.2) is 4.79 Å². The van der Waals surface area contributed by atoms with Crippen LogP contribution in [0.25, 0.3) is 0 Å². The van der Waals surface area contributed by atoms with E-state index in [0.717, 1.165) is 75.3 Å². The maximum absolute atomic E-state index is 14.2. The zero-order valence-corrected chi connectivity index (χ0v) is 28.5. The Bertz CT molecular complexity index is 1340. The van der Waals surface area contributed by atoms with Gasteiger partial charge in [-0.3, -0.25) is 14.5 Å². The van der Waals surface area contributed by atoms with Crippen molar-refractivity contribution in [2.75, 3.05) is 6.54 Å². The van der Waals surface area contributed by atoms with Gasteiger partial charge in [0.2, 0.25) is 11.8 Å². The van der Waals surface area contributed by atoms with E-state index in [2.05, 4.69) is 26.1 Å². The number of nitrogens with two attached hydrogens (primary N) is 1. The summed E-state index contributed by atoms with van der Waals surface area (Å²) in [6, 6.07) is 6.50. The Balaban J connectivity index is 1.07. The summed E-state index contributed by atoms with van der Waals surface area (Å²) in [6.07, 6.45) is 10.1. The van der Waals surface area contributed by atoms with E-state index in [1.54, 1.807) is 9.80 Å². The first kappa shape index (κ1) is 32.9. The summed E-state index contributed by atoms with van der Waals surface area (Å²) in [5, 5.41) is 3.29. The van der Waals surface area contributed by atoms with Crippen LogP contribution in [0.1, 0.15) is 109 Å². The molecule has 1 aromatic rings. The molecule has 10 nitrogen and oxygen atoms in total. The molecule has 8 rings (SSSR count). The fraction of sp³-hybridized carbons (Fsp3) is 0.750. The molecule has 256 valence electrons. The van der Waals surface area contributed by atoms with Crippen LogP contribution in [0.15, 0.2) is 24.3 Å². The summed E-state index contributed by atoms with van der Waals surface area (Å²) in [4.78, 5) is 44.5. The third-order valence-electron chi connectivity index (χ3n) is 12.7. The Morgan fingerprint density at radius 3 is 2.30 bits per heavy atom. The SMILES string of the molecule is CC1(C)C2CC3OB([C@@H]4CCCCCCCCC[C@H](N)C(=O)N5C[C@H](OC(=O)N6Cc7ccccc7C6)C[C@H]5C(=O)N4)OC3(C)C1C2. The van der Waals surface area contributed by atoms with Crippen LogP contribution in [0.4, 0.5) is 4.79 Å². The minimum atomic E-state index is -0.788. The normalized spacial score (nSPS) is 37.4. The van der Waals surface area contributed by atoms with Crippen molar-refractivity contribution in [2.45, 2.75) is 147 Å². The quantitative estimate of drug-likeness (QED) is 0.446. The molecular weight excluding hydrogens is 595 g/mol. The highest BCUT2D eigenvalue weighted by Crippen LogP contribution is 2.65. The molecule has 4 heterocycles. The Morgan fingerprint density at radius 2 is 1.62 bits per heavy atom. The van der Waals surface area contributed by atoms with Crippen molar-refractivity contribution in [1.82, 2.24) is 15.1 Å². The summed E-state index contributed by atoms with van der Waals surface area (Å²) in [5.74, 6) is 0.208. The maximum Gasteiger partial charge on any atom is 0.481 e. The molecule has 0 radical (unpaired) electrons. The Kier molecular flexibility index (Phi) is 9.11. The maximum atomic E-state index is 14.2. The van der Waals surface area contributed by atoms with Gasteiger partial charge in [-0.2, -0.15) is 0 Å². The number of fused-ring (bicyclic) bond motifs is 2. The fourth-order valence-corrected chi connectivity index (χ4v) is 9.63. The molecule has 0 aromatic heterocycles.